The van der Waals surface area contributed by atoms with Gasteiger partial charge in [0, 0.05) is 23.4 Å². The molecular formula is C27H18Cl2F3N5OS. The van der Waals surface area contributed by atoms with Gasteiger partial charge in [-0.3, -0.25) is 10.1 Å². The lowest BCUT2D eigenvalue weighted by molar-refractivity contribution is -0.274. The van der Waals surface area contributed by atoms with Crippen LogP contribution in [0.4, 0.5) is 18.9 Å². The van der Waals surface area contributed by atoms with E-state index in [9.17, 15) is 13.2 Å². The molecule has 5 aromatic rings. The highest BCUT2D eigenvalue weighted by molar-refractivity contribution is 7.80. The van der Waals surface area contributed by atoms with Gasteiger partial charge in [0.15, 0.2) is 5.11 Å². The molecule has 0 aliphatic rings. The zero-order valence-electron chi connectivity index (χ0n) is 20.1. The van der Waals surface area contributed by atoms with Gasteiger partial charge in [-0.1, -0.05) is 47.5 Å². The number of hydrogen-bond donors (Lipinski definition) is 2. The summed E-state index contributed by atoms with van der Waals surface area (Å²) in [5.74, 6) is -0.281. The van der Waals surface area contributed by atoms with Gasteiger partial charge in [-0.25, -0.2) is 0 Å². The van der Waals surface area contributed by atoms with Crippen LogP contribution in [0.15, 0.2) is 77.9 Å². The van der Waals surface area contributed by atoms with Crippen LogP contribution < -0.4 is 15.5 Å². The van der Waals surface area contributed by atoms with Crippen molar-refractivity contribution >= 4 is 74.1 Å². The van der Waals surface area contributed by atoms with Gasteiger partial charge in [0.25, 0.3) is 0 Å². The molecule has 0 saturated carbocycles. The minimum Gasteiger partial charge on any atom is -0.406 e. The Morgan fingerprint density at radius 1 is 1.00 bits per heavy atom. The number of ether oxygens (including phenoxy) is 1. The third-order valence-electron chi connectivity index (χ3n) is 5.79. The first-order valence-corrected chi connectivity index (χ1v) is 12.6. The van der Waals surface area contributed by atoms with Crippen LogP contribution in [0.25, 0.3) is 32.9 Å². The Balaban J connectivity index is 1.36. The number of alkyl halides is 3. The molecule has 0 atom stereocenters. The predicted octanol–water partition coefficient (Wildman–Crippen LogP) is 7.92. The van der Waals surface area contributed by atoms with Gasteiger partial charge in [0.05, 0.1) is 27.6 Å². The van der Waals surface area contributed by atoms with Crippen molar-refractivity contribution in [1.82, 2.24) is 15.2 Å². The van der Waals surface area contributed by atoms with Crippen LogP contribution in [0, 0.1) is 0 Å². The Labute approximate surface area is 236 Å². The molecule has 0 spiro atoms. The van der Waals surface area contributed by atoms with E-state index in [2.05, 4.69) is 25.7 Å². The van der Waals surface area contributed by atoms with Crippen LogP contribution in [0.2, 0.25) is 10.0 Å². The summed E-state index contributed by atoms with van der Waals surface area (Å²) in [7, 11) is 1.79. The molecule has 5 rings (SSSR count). The van der Waals surface area contributed by atoms with Crippen LogP contribution >= 0.6 is 35.4 Å². The Morgan fingerprint density at radius 3 is 2.38 bits per heavy atom. The number of benzene rings is 4. The highest BCUT2D eigenvalue weighted by Crippen LogP contribution is 2.34. The number of hydrogen-bond acceptors (Lipinski definition) is 4. The molecule has 0 radical (unpaired) electrons. The van der Waals surface area contributed by atoms with Crippen LogP contribution in [0.5, 0.6) is 5.75 Å². The summed E-state index contributed by atoms with van der Waals surface area (Å²) in [5.41, 5.74) is 6.32. The molecule has 39 heavy (non-hydrogen) atoms. The summed E-state index contributed by atoms with van der Waals surface area (Å²) in [6, 6.07) is 20.5. The van der Waals surface area contributed by atoms with Gasteiger partial charge in [-0.05, 0) is 71.7 Å². The standard InChI is InChI=1S/C27H18Cl2F3N5OS/c1-37-25(16-6-9-18(10-7-16)38-27(30,31)32)20-12-8-17-13-15(5-11-19(17)23(20)36-37)14-33-35-26(39)34-24-21(28)3-2-4-22(24)29/h2-14H,1H3,(H2,34,35,39). The van der Waals surface area contributed by atoms with Crippen molar-refractivity contribution in [2.24, 2.45) is 12.1 Å². The van der Waals surface area contributed by atoms with Gasteiger partial charge in [0.1, 0.15) is 11.3 Å². The maximum Gasteiger partial charge on any atom is 0.573 e. The number of para-hydroxylation sites is 1. The molecule has 0 fully saturated rings. The Bertz CT molecular complexity index is 1720. The highest BCUT2D eigenvalue weighted by Gasteiger charge is 2.31. The predicted molar refractivity (Wildman–Crippen MR) is 154 cm³/mol. The zero-order valence-corrected chi connectivity index (χ0v) is 22.4. The van der Waals surface area contributed by atoms with Crippen molar-refractivity contribution in [1.29, 1.82) is 0 Å². The molecule has 4 aromatic carbocycles. The lowest BCUT2D eigenvalue weighted by atomic mass is 10.0. The molecule has 1 aromatic heterocycles. The monoisotopic (exact) mass is 587 g/mol. The fraction of sp³-hybridized carbons (Fsp3) is 0.0741. The van der Waals surface area contributed by atoms with E-state index in [0.29, 0.717) is 21.3 Å². The molecule has 6 nitrogen and oxygen atoms in total. The number of thiocarbonyl (C=S) groups is 1. The smallest absolute Gasteiger partial charge is 0.406 e. The second-order valence-electron chi connectivity index (χ2n) is 8.41. The third-order valence-corrected chi connectivity index (χ3v) is 6.61. The zero-order chi connectivity index (χ0) is 27.7. The average molecular weight is 588 g/mol. The molecule has 0 amide bonds. The van der Waals surface area contributed by atoms with Crippen molar-refractivity contribution in [3.63, 3.8) is 0 Å². The van der Waals surface area contributed by atoms with Gasteiger partial charge < -0.3 is 10.1 Å². The molecule has 0 bridgehead atoms. The molecule has 198 valence electrons. The minimum atomic E-state index is -4.74. The van der Waals surface area contributed by atoms with Gasteiger partial charge in [0.2, 0.25) is 0 Å². The first-order chi connectivity index (χ1) is 18.6. The Morgan fingerprint density at radius 2 is 1.69 bits per heavy atom. The van der Waals surface area contributed by atoms with Crippen molar-refractivity contribution in [3.05, 3.63) is 88.4 Å². The lowest BCUT2D eigenvalue weighted by Crippen LogP contribution is -2.24. The second kappa shape index (κ2) is 10.7. The van der Waals surface area contributed by atoms with E-state index >= 15 is 0 Å². The van der Waals surface area contributed by atoms with Crippen molar-refractivity contribution in [2.45, 2.75) is 6.36 Å². The lowest BCUT2D eigenvalue weighted by Gasteiger charge is -2.10. The second-order valence-corrected chi connectivity index (χ2v) is 9.63. The number of anilines is 1. The van der Waals surface area contributed by atoms with Crippen molar-refractivity contribution in [3.8, 4) is 17.0 Å². The summed E-state index contributed by atoms with van der Waals surface area (Å²) in [6.45, 7) is 0. The minimum absolute atomic E-state index is 0.225. The maximum absolute atomic E-state index is 12.5. The summed E-state index contributed by atoms with van der Waals surface area (Å²) >= 11 is 17.6. The fourth-order valence-corrected chi connectivity index (χ4v) is 4.81. The van der Waals surface area contributed by atoms with E-state index in [1.165, 1.54) is 12.1 Å². The van der Waals surface area contributed by atoms with Crippen LogP contribution in [-0.2, 0) is 7.05 Å². The number of aromatic nitrogens is 2. The van der Waals surface area contributed by atoms with Gasteiger partial charge >= 0.3 is 6.36 Å². The van der Waals surface area contributed by atoms with E-state index in [-0.39, 0.29) is 10.9 Å². The fourth-order valence-electron chi connectivity index (χ4n) is 4.17. The Hall–Kier alpha value is -3.86. The number of hydrazone groups is 1. The van der Waals surface area contributed by atoms with Gasteiger partial charge in [-0.2, -0.15) is 10.2 Å². The van der Waals surface area contributed by atoms with Crippen LogP contribution in [0.1, 0.15) is 5.56 Å². The first kappa shape index (κ1) is 26.7. The SMILES string of the molecule is Cn1nc2c(ccc3cc(C=NNC(=S)Nc4c(Cl)cccc4Cl)ccc32)c1-c1ccc(OC(F)(F)F)cc1. The number of fused-ring (bicyclic) bond motifs is 3. The number of aryl methyl sites for hydroxylation is 1. The molecule has 2 N–H and O–H groups in total. The van der Waals surface area contributed by atoms with E-state index in [0.717, 1.165) is 32.9 Å². The average Bonchev–Trinajstić information content (AvgIpc) is 3.22. The van der Waals surface area contributed by atoms with Crippen LogP contribution in [-0.4, -0.2) is 27.5 Å². The van der Waals surface area contributed by atoms with E-state index < -0.39 is 6.36 Å². The largest absolute Gasteiger partial charge is 0.573 e. The maximum atomic E-state index is 12.5. The topological polar surface area (TPSA) is 63.5 Å². The summed E-state index contributed by atoms with van der Waals surface area (Å²) < 4.78 is 43.2. The molecule has 0 saturated heterocycles. The third kappa shape index (κ3) is 5.93. The van der Waals surface area contributed by atoms with Gasteiger partial charge in [-0.15, -0.1) is 13.2 Å². The molecule has 12 heteroatoms. The quantitative estimate of drug-likeness (QED) is 0.124. The molecule has 1 heterocycles. The summed E-state index contributed by atoms with van der Waals surface area (Å²) in [5, 5.41) is 15.6. The van der Waals surface area contributed by atoms with E-state index in [1.807, 2.05) is 30.3 Å². The summed E-state index contributed by atoms with van der Waals surface area (Å²) in [6.07, 6.45) is -3.12. The molecule has 0 unspecified atom stereocenters. The summed E-state index contributed by atoms with van der Waals surface area (Å²) in [4.78, 5) is 0. The first-order valence-electron chi connectivity index (χ1n) is 11.4. The Kier molecular flexibility index (Phi) is 7.35. The normalized spacial score (nSPS) is 11.8. The van der Waals surface area contributed by atoms with E-state index in [4.69, 9.17) is 35.4 Å². The number of halogens is 5. The molecular weight excluding hydrogens is 570 g/mol. The molecule has 0 aliphatic heterocycles. The number of rotatable bonds is 5. The number of nitrogens with zero attached hydrogens (tertiary/aromatic N) is 3. The highest BCUT2D eigenvalue weighted by atomic mass is 35.5. The van der Waals surface area contributed by atoms with E-state index in [1.54, 1.807) is 48.3 Å². The van der Waals surface area contributed by atoms with Crippen molar-refractivity contribution in [2.75, 3.05) is 5.32 Å². The van der Waals surface area contributed by atoms with Crippen LogP contribution in [0.3, 0.4) is 0 Å². The number of nitrogens with one attached hydrogen (secondary N) is 2. The van der Waals surface area contributed by atoms with Crippen molar-refractivity contribution < 1.29 is 17.9 Å². The molecule has 0 aliphatic carbocycles.